The van der Waals surface area contributed by atoms with E-state index in [0.717, 1.165) is 26.7 Å². The van der Waals surface area contributed by atoms with Gasteiger partial charge in [-0.05, 0) is 50.1 Å². The third-order valence-corrected chi connectivity index (χ3v) is 7.93. The topological polar surface area (TPSA) is 79.3 Å². The highest BCUT2D eigenvalue weighted by Crippen LogP contribution is 2.30. The van der Waals surface area contributed by atoms with Gasteiger partial charge in [-0.3, -0.25) is 9.69 Å². The molecule has 1 heterocycles. The Morgan fingerprint density at radius 3 is 2.47 bits per heavy atom. The Kier molecular flexibility index (Phi) is 7.32. The molecular weight excluding hydrogens is 446 g/mol. The molecule has 1 atom stereocenters. The average Bonchev–Trinajstić information content (AvgIpc) is 3.07. The average molecular weight is 476 g/mol. The van der Waals surface area contributed by atoms with E-state index in [-0.39, 0.29) is 22.7 Å². The summed E-state index contributed by atoms with van der Waals surface area (Å²) in [5, 5.41) is 0.720. The number of nitrogens with zero attached hydrogens (tertiary/aromatic N) is 3. The number of carbonyl (C=O) groups is 1. The smallest absolute Gasteiger partial charge is 0.266 e. The minimum Gasteiger partial charge on any atom is -0.483 e. The maximum atomic E-state index is 13.0. The molecule has 7 nitrogen and oxygen atoms in total. The maximum Gasteiger partial charge on any atom is 0.266 e. The van der Waals surface area contributed by atoms with E-state index in [9.17, 15) is 13.2 Å². The van der Waals surface area contributed by atoms with Crippen LogP contribution in [0.5, 0.6) is 5.75 Å². The summed E-state index contributed by atoms with van der Waals surface area (Å²) in [6.45, 7) is 8.42. The molecule has 0 bridgehead atoms. The molecule has 1 aliphatic heterocycles. The Morgan fingerprint density at radius 1 is 1.19 bits per heavy atom. The van der Waals surface area contributed by atoms with Crippen LogP contribution in [0, 0.1) is 20.8 Å². The van der Waals surface area contributed by atoms with Crippen molar-refractivity contribution in [1.82, 2.24) is 9.21 Å². The maximum absolute atomic E-state index is 13.0. The fourth-order valence-corrected chi connectivity index (χ4v) is 5.54. The lowest BCUT2D eigenvalue weighted by Gasteiger charge is -2.18. The number of hydrogen-bond acceptors (Lipinski definition) is 6. The lowest BCUT2D eigenvalue weighted by atomic mass is 10.1. The van der Waals surface area contributed by atoms with Crippen LogP contribution >= 0.6 is 11.8 Å². The molecule has 9 heteroatoms. The summed E-state index contributed by atoms with van der Waals surface area (Å²) in [6.07, 6.45) is 0. The van der Waals surface area contributed by atoms with E-state index >= 15 is 0 Å². The summed E-state index contributed by atoms with van der Waals surface area (Å²) in [4.78, 5) is 19.3. The van der Waals surface area contributed by atoms with Gasteiger partial charge in [-0.2, -0.15) is 0 Å². The molecule has 2 aromatic rings. The second kappa shape index (κ2) is 9.64. The Morgan fingerprint density at radius 2 is 1.84 bits per heavy atom. The first-order valence-corrected chi connectivity index (χ1v) is 12.6. The van der Waals surface area contributed by atoms with Crippen molar-refractivity contribution in [3.63, 3.8) is 0 Å². The van der Waals surface area contributed by atoms with E-state index in [4.69, 9.17) is 4.74 Å². The molecule has 0 N–H and O–H groups in total. The number of ether oxygens (including phenoxy) is 1. The quantitative estimate of drug-likeness (QED) is 0.633. The predicted octanol–water partition coefficient (Wildman–Crippen LogP) is 3.89. The highest BCUT2D eigenvalue weighted by Gasteiger charge is 2.31. The summed E-state index contributed by atoms with van der Waals surface area (Å²) in [5.74, 6) is 0.543. The van der Waals surface area contributed by atoms with Crippen LogP contribution in [0.2, 0.25) is 0 Å². The molecule has 1 aliphatic rings. The third kappa shape index (κ3) is 5.33. The number of sulfonamides is 1. The van der Waals surface area contributed by atoms with Crippen LogP contribution in [0.4, 0.5) is 5.69 Å². The van der Waals surface area contributed by atoms with Gasteiger partial charge in [0.2, 0.25) is 10.0 Å². The monoisotopic (exact) mass is 475 g/mol. The van der Waals surface area contributed by atoms with Crippen molar-refractivity contribution < 1.29 is 17.9 Å². The van der Waals surface area contributed by atoms with Crippen molar-refractivity contribution in [3.8, 4) is 5.75 Å². The van der Waals surface area contributed by atoms with Gasteiger partial charge in [0.15, 0.2) is 11.8 Å². The predicted molar refractivity (Wildman–Crippen MR) is 129 cm³/mol. The number of amidine groups is 1. The highest BCUT2D eigenvalue weighted by molar-refractivity contribution is 8.14. The number of benzene rings is 2. The first kappa shape index (κ1) is 24.3. The number of thioether (sulfide) groups is 1. The van der Waals surface area contributed by atoms with Gasteiger partial charge in [-0.15, -0.1) is 0 Å². The molecule has 32 heavy (non-hydrogen) atoms. The fourth-order valence-electron chi connectivity index (χ4n) is 3.55. The van der Waals surface area contributed by atoms with Crippen LogP contribution in [0.1, 0.15) is 23.6 Å². The van der Waals surface area contributed by atoms with E-state index in [1.165, 1.54) is 38.0 Å². The zero-order chi connectivity index (χ0) is 23.6. The molecule has 2 aromatic carbocycles. The highest BCUT2D eigenvalue weighted by atomic mass is 32.2. The zero-order valence-corrected chi connectivity index (χ0v) is 20.9. The normalized spacial score (nSPS) is 17.9. The molecular formula is C23H29N3O4S2. The molecule has 1 saturated heterocycles. The molecule has 172 valence electrons. The SMILES string of the molecule is Cc1cc(C)c(OCC(=O)N2CC(C)SC2=Nc2cccc(S(=O)(=O)N(C)C)c2)c(C)c1. The van der Waals surface area contributed by atoms with Crippen molar-refractivity contribution in [2.45, 2.75) is 37.8 Å². The standard InChI is InChI=1S/C23H29N3O4S2/c1-15-10-16(2)22(17(3)11-15)30-14-21(27)26-13-18(4)31-23(26)24-19-8-7-9-20(12-19)32(28,29)25(5)6/h7-12,18H,13-14H2,1-6H3. The van der Waals surface area contributed by atoms with Gasteiger partial charge in [0.1, 0.15) is 5.75 Å². The van der Waals surface area contributed by atoms with E-state index in [2.05, 4.69) is 4.99 Å². The van der Waals surface area contributed by atoms with Crippen molar-refractivity contribution in [3.05, 3.63) is 53.1 Å². The minimum atomic E-state index is -3.57. The summed E-state index contributed by atoms with van der Waals surface area (Å²) in [6, 6.07) is 10.5. The van der Waals surface area contributed by atoms with Crippen LogP contribution in [0.25, 0.3) is 0 Å². The number of hydrogen-bond donors (Lipinski definition) is 0. The number of aliphatic imine (C=N–C) groups is 1. The van der Waals surface area contributed by atoms with Gasteiger partial charge < -0.3 is 4.74 Å². The van der Waals surface area contributed by atoms with E-state index in [1.807, 2.05) is 39.8 Å². The fraction of sp³-hybridized carbons (Fsp3) is 0.391. The van der Waals surface area contributed by atoms with Crippen molar-refractivity contribution in [1.29, 1.82) is 0 Å². The Balaban J connectivity index is 1.81. The molecule has 0 aromatic heterocycles. The van der Waals surface area contributed by atoms with Gasteiger partial charge in [-0.25, -0.2) is 17.7 Å². The minimum absolute atomic E-state index is 0.0912. The largest absolute Gasteiger partial charge is 0.483 e. The second-order valence-electron chi connectivity index (χ2n) is 8.13. The summed E-state index contributed by atoms with van der Waals surface area (Å²) in [7, 11) is -0.595. The Labute approximate surface area is 194 Å². The third-order valence-electron chi connectivity index (χ3n) is 5.04. The van der Waals surface area contributed by atoms with Crippen LogP contribution in [-0.2, 0) is 14.8 Å². The van der Waals surface area contributed by atoms with E-state index in [1.54, 1.807) is 17.0 Å². The summed E-state index contributed by atoms with van der Waals surface area (Å²) < 4.78 is 31.9. The summed E-state index contributed by atoms with van der Waals surface area (Å²) in [5.41, 5.74) is 3.62. The number of aryl methyl sites for hydroxylation is 3. The van der Waals surface area contributed by atoms with Crippen molar-refractivity contribution >= 4 is 38.5 Å². The van der Waals surface area contributed by atoms with Crippen molar-refractivity contribution in [2.24, 2.45) is 4.99 Å². The Bertz CT molecular complexity index is 1140. The number of carbonyl (C=O) groups excluding carboxylic acids is 1. The summed E-state index contributed by atoms with van der Waals surface area (Å²) >= 11 is 1.49. The van der Waals surface area contributed by atoms with E-state index < -0.39 is 10.0 Å². The number of amides is 1. The lowest BCUT2D eigenvalue weighted by Crippen LogP contribution is -2.36. The van der Waals surface area contributed by atoms with Gasteiger partial charge in [-0.1, -0.05) is 42.4 Å². The van der Waals surface area contributed by atoms with Gasteiger partial charge >= 0.3 is 0 Å². The van der Waals surface area contributed by atoms with Crippen LogP contribution in [0.15, 0.2) is 46.3 Å². The molecule has 0 spiro atoms. The van der Waals surface area contributed by atoms with Crippen LogP contribution < -0.4 is 4.74 Å². The number of rotatable bonds is 6. The van der Waals surface area contributed by atoms with Crippen molar-refractivity contribution in [2.75, 3.05) is 27.2 Å². The van der Waals surface area contributed by atoms with Gasteiger partial charge in [0.25, 0.3) is 5.91 Å². The Hall–Kier alpha value is -2.36. The van der Waals surface area contributed by atoms with E-state index in [0.29, 0.717) is 17.4 Å². The molecule has 0 saturated carbocycles. The first-order valence-electron chi connectivity index (χ1n) is 10.3. The van der Waals surface area contributed by atoms with Crippen LogP contribution in [0.3, 0.4) is 0 Å². The van der Waals surface area contributed by atoms with Crippen LogP contribution in [-0.4, -0.2) is 61.2 Å². The molecule has 1 fully saturated rings. The molecule has 0 radical (unpaired) electrons. The lowest BCUT2D eigenvalue weighted by molar-refractivity contribution is -0.129. The molecule has 1 amide bonds. The zero-order valence-electron chi connectivity index (χ0n) is 19.2. The second-order valence-corrected chi connectivity index (χ2v) is 11.7. The molecule has 0 aliphatic carbocycles. The van der Waals surface area contributed by atoms with Gasteiger partial charge in [0.05, 0.1) is 10.6 Å². The first-order chi connectivity index (χ1) is 15.0. The molecule has 3 rings (SSSR count). The molecule has 1 unspecified atom stereocenters. The van der Waals surface area contributed by atoms with Gasteiger partial charge in [0, 0.05) is 25.9 Å².